The Morgan fingerprint density at radius 2 is 1.71 bits per heavy atom. The molecule has 2 nitrogen and oxygen atoms in total. The minimum atomic E-state index is -0.271. The van der Waals surface area contributed by atoms with Crippen molar-refractivity contribution in [2.24, 2.45) is 0 Å². The van der Waals surface area contributed by atoms with Gasteiger partial charge in [0.15, 0.2) is 0 Å². The van der Waals surface area contributed by atoms with Crippen molar-refractivity contribution in [3.05, 3.63) is 54.3 Å². The number of halogens is 1. The monoisotopic (exact) mass is 229 g/mol. The summed E-state index contributed by atoms with van der Waals surface area (Å²) in [5.74, 6) is -0.395. The van der Waals surface area contributed by atoms with Crippen molar-refractivity contribution < 1.29 is 9.18 Å². The predicted molar refractivity (Wildman–Crippen MR) is 66.1 cm³/mol. The molecule has 0 fully saturated rings. The summed E-state index contributed by atoms with van der Waals surface area (Å²) >= 11 is 0. The molecule has 0 radical (unpaired) electrons. The summed E-state index contributed by atoms with van der Waals surface area (Å²) in [6.07, 6.45) is 0. The Hall–Kier alpha value is -2.16. The molecular weight excluding hydrogens is 217 g/mol. The average Bonchev–Trinajstić information content (AvgIpc) is 2.28. The number of hydrogen-bond acceptors (Lipinski definition) is 1. The number of benzene rings is 2. The minimum Gasteiger partial charge on any atom is -0.326 e. The van der Waals surface area contributed by atoms with Crippen LogP contribution in [0.2, 0.25) is 0 Å². The number of carbonyl (C=O) groups excluding carboxylic acids is 1. The van der Waals surface area contributed by atoms with E-state index in [0.717, 1.165) is 11.1 Å². The van der Waals surface area contributed by atoms with Crippen LogP contribution >= 0.6 is 0 Å². The third-order valence-corrected chi connectivity index (χ3v) is 2.34. The lowest BCUT2D eigenvalue weighted by Gasteiger charge is -2.06. The summed E-state index contributed by atoms with van der Waals surface area (Å²) in [6, 6.07) is 13.7. The molecule has 0 aliphatic carbocycles. The molecule has 2 aromatic carbocycles. The van der Waals surface area contributed by atoms with Crippen molar-refractivity contribution in [1.29, 1.82) is 0 Å². The number of nitrogens with one attached hydrogen (secondary N) is 1. The molecule has 0 spiro atoms. The molecule has 1 amide bonds. The Kier molecular flexibility index (Phi) is 3.19. The van der Waals surface area contributed by atoms with Crippen LogP contribution in [0.15, 0.2) is 48.5 Å². The zero-order valence-electron chi connectivity index (χ0n) is 9.41. The first-order valence-electron chi connectivity index (χ1n) is 5.29. The van der Waals surface area contributed by atoms with Gasteiger partial charge in [-0.1, -0.05) is 24.3 Å². The van der Waals surface area contributed by atoms with Crippen LogP contribution in [0.5, 0.6) is 0 Å². The Morgan fingerprint density at radius 1 is 1.06 bits per heavy atom. The summed E-state index contributed by atoms with van der Waals surface area (Å²) in [6.45, 7) is 1.45. The molecule has 0 bridgehead atoms. The second-order valence-electron chi connectivity index (χ2n) is 3.77. The summed E-state index contributed by atoms with van der Waals surface area (Å²) in [4.78, 5) is 10.9. The SMILES string of the molecule is CC(=O)Nc1cccc(-c2cccc(F)c2)c1. The molecule has 1 N–H and O–H groups in total. The lowest BCUT2D eigenvalue weighted by molar-refractivity contribution is -0.114. The van der Waals surface area contributed by atoms with Gasteiger partial charge in [0.1, 0.15) is 5.82 Å². The summed E-state index contributed by atoms with van der Waals surface area (Å²) in [5, 5.41) is 2.70. The highest BCUT2D eigenvalue weighted by molar-refractivity contribution is 5.89. The van der Waals surface area contributed by atoms with Crippen LogP contribution in [0, 0.1) is 5.82 Å². The maximum atomic E-state index is 13.1. The molecule has 0 heterocycles. The first-order valence-corrected chi connectivity index (χ1v) is 5.29. The van der Waals surface area contributed by atoms with Gasteiger partial charge >= 0.3 is 0 Å². The molecule has 0 aromatic heterocycles. The molecule has 2 aromatic rings. The van der Waals surface area contributed by atoms with Gasteiger partial charge in [-0.3, -0.25) is 4.79 Å². The van der Waals surface area contributed by atoms with E-state index >= 15 is 0 Å². The minimum absolute atomic E-state index is 0.124. The molecule has 0 aliphatic heterocycles. The molecule has 2 rings (SSSR count). The van der Waals surface area contributed by atoms with Crippen molar-refractivity contribution in [2.75, 3.05) is 5.32 Å². The molecule has 0 unspecified atom stereocenters. The van der Waals surface area contributed by atoms with Gasteiger partial charge in [0, 0.05) is 12.6 Å². The maximum absolute atomic E-state index is 13.1. The van der Waals surface area contributed by atoms with Crippen molar-refractivity contribution in [3.63, 3.8) is 0 Å². The van der Waals surface area contributed by atoms with Crippen molar-refractivity contribution in [2.45, 2.75) is 6.92 Å². The van der Waals surface area contributed by atoms with E-state index in [1.165, 1.54) is 19.1 Å². The van der Waals surface area contributed by atoms with Gasteiger partial charge in [0.2, 0.25) is 5.91 Å². The lowest BCUT2D eigenvalue weighted by atomic mass is 10.1. The van der Waals surface area contributed by atoms with E-state index in [0.29, 0.717) is 5.69 Å². The van der Waals surface area contributed by atoms with Gasteiger partial charge in [-0.2, -0.15) is 0 Å². The normalized spacial score (nSPS) is 10.0. The summed E-state index contributed by atoms with van der Waals surface area (Å²) in [7, 11) is 0. The molecule has 17 heavy (non-hydrogen) atoms. The molecule has 0 aliphatic rings. The number of amides is 1. The number of rotatable bonds is 2. The van der Waals surface area contributed by atoms with Crippen LogP contribution in [0.4, 0.5) is 10.1 Å². The summed E-state index contributed by atoms with van der Waals surface area (Å²) < 4.78 is 13.1. The molecule has 3 heteroatoms. The maximum Gasteiger partial charge on any atom is 0.221 e. The van der Waals surface area contributed by atoms with Gasteiger partial charge in [-0.25, -0.2) is 4.39 Å². The zero-order valence-corrected chi connectivity index (χ0v) is 9.41. The van der Waals surface area contributed by atoms with Crippen LogP contribution < -0.4 is 5.32 Å². The second kappa shape index (κ2) is 4.78. The van der Waals surface area contributed by atoms with Crippen LogP contribution in [-0.2, 0) is 4.79 Å². The van der Waals surface area contributed by atoms with Crippen LogP contribution in [0.25, 0.3) is 11.1 Å². The zero-order chi connectivity index (χ0) is 12.3. The largest absolute Gasteiger partial charge is 0.326 e. The fraction of sp³-hybridized carbons (Fsp3) is 0.0714. The van der Waals surface area contributed by atoms with Gasteiger partial charge in [0.05, 0.1) is 0 Å². The van der Waals surface area contributed by atoms with Crippen molar-refractivity contribution >= 4 is 11.6 Å². The van der Waals surface area contributed by atoms with Gasteiger partial charge in [-0.15, -0.1) is 0 Å². The van der Waals surface area contributed by atoms with E-state index in [1.807, 2.05) is 24.3 Å². The Morgan fingerprint density at radius 3 is 2.35 bits per heavy atom. The second-order valence-corrected chi connectivity index (χ2v) is 3.77. The highest BCUT2D eigenvalue weighted by atomic mass is 19.1. The third kappa shape index (κ3) is 2.91. The Labute approximate surface area is 99.1 Å². The van der Waals surface area contributed by atoms with E-state index in [-0.39, 0.29) is 11.7 Å². The van der Waals surface area contributed by atoms with Gasteiger partial charge < -0.3 is 5.32 Å². The van der Waals surface area contributed by atoms with Gasteiger partial charge in [0.25, 0.3) is 0 Å². The third-order valence-electron chi connectivity index (χ3n) is 2.34. The Bertz CT molecular complexity index is 551. The van der Waals surface area contributed by atoms with Crippen LogP contribution in [0.3, 0.4) is 0 Å². The molecule has 0 saturated carbocycles. The Balaban J connectivity index is 2.36. The highest BCUT2D eigenvalue weighted by Gasteiger charge is 2.01. The van der Waals surface area contributed by atoms with E-state index < -0.39 is 0 Å². The average molecular weight is 229 g/mol. The van der Waals surface area contributed by atoms with E-state index in [1.54, 1.807) is 12.1 Å². The molecule has 0 atom stereocenters. The number of carbonyl (C=O) groups is 1. The van der Waals surface area contributed by atoms with E-state index in [2.05, 4.69) is 5.32 Å². The van der Waals surface area contributed by atoms with E-state index in [9.17, 15) is 9.18 Å². The fourth-order valence-corrected chi connectivity index (χ4v) is 1.65. The smallest absolute Gasteiger partial charge is 0.221 e. The van der Waals surface area contributed by atoms with Crippen LogP contribution in [-0.4, -0.2) is 5.91 Å². The predicted octanol–water partition coefficient (Wildman–Crippen LogP) is 3.45. The van der Waals surface area contributed by atoms with Crippen LogP contribution in [0.1, 0.15) is 6.92 Å². The van der Waals surface area contributed by atoms with Gasteiger partial charge in [-0.05, 0) is 35.4 Å². The number of anilines is 1. The van der Waals surface area contributed by atoms with Crippen molar-refractivity contribution in [1.82, 2.24) is 0 Å². The van der Waals surface area contributed by atoms with E-state index in [4.69, 9.17) is 0 Å². The van der Waals surface area contributed by atoms with Crippen molar-refractivity contribution in [3.8, 4) is 11.1 Å². The first kappa shape index (κ1) is 11.3. The lowest BCUT2D eigenvalue weighted by Crippen LogP contribution is -2.05. The quantitative estimate of drug-likeness (QED) is 0.839. The topological polar surface area (TPSA) is 29.1 Å². The first-order chi connectivity index (χ1) is 8.15. The molecular formula is C14H12FNO. The molecule has 86 valence electrons. The fourth-order valence-electron chi connectivity index (χ4n) is 1.65. The molecule has 0 saturated heterocycles. The standard InChI is InChI=1S/C14H12FNO/c1-10(17)16-14-7-3-5-12(9-14)11-4-2-6-13(15)8-11/h2-9H,1H3,(H,16,17). The number of hydrogen-bond donors (Lipinski definition) is 1. The highest BCUT2D eigenvalue weighted by Crippen LogP contribution is 2.23. The summed E-state index contributed by atoms with van der Waals surface area (Å²) in [5.41, 5.74) is 2.37.